The molecule has 0 spiro atoms. The lowest BCUT2D eigenvalue weighted by Gasteiger charge is -2.02. The molecular formula is C12H16O3. The number of ether oxygens (including phenoxy) is 2. The first kappa shape index (κ1) is 11.7. The van der Waals surface area contributed by atoms with Crippen LogP contribution in [0.2, 0.25) is 0 Å². The van der Waals surface area contributed by atoms with Crippen LogP contribution >= 0.6 is 0 Å². The van der Waals surface area contributed by atoms with E-state index in [2.05, 4.69) is 23.8 Å². The van der Waals surface area contributed by atoms with Gasteiger partial charge in [-0.1, -0.05) is 30.3 Å². The van der Waals surface area contributed by atoms with Crippen molar-refractivity contribution in [2.75, 3.05) is 13.2 Å². The highest BCUT2D eigenvalue weighted by Crippen LogP contribution is 2.37. The van der Waals surface area contributed by atoms with Gasteiger partial charge in [0, 0.05) is 0 Å². The van der Waals surface area contributed by atoms with Crippen LogP contribution in [0.3, 0.4) is 0 Å². The van der Waals surface area contributed by atoms with Gasteiger partial charge in [0.2, 0.25) is 0 Å². The molecule has 1 heterocycles. The van der Waals surface area contributed by atoms with E-state index in [4.69, 9.17) is 4.74 Å². The Balaban J connectivity index is 0.000000195. The van der Waals surface area contributed by atoms with Gasteiger partial charge >= 0.3 is 0 Å². The van der Waals surface area contributed by atoms with E-state index in [0.717, 1.165) is 6.61 Å². The van der Waals surface area contributed by atoms with Crippen LogP contribution in [0.5, 0.6) is 0 Å². The summed E-state index contributed by atoms with van der Waals surface area (Å²) in [7, 11) is 0. The zero-order chi connectivity index (χ0) is 11.1. The first-order valence-corrected chi connectivity index (χ1v) is 4.97. The smallest absolute Gasteiger partial charge is 0.293 e. The Kier molecular flexibility index (Phi) is 4.31. The summed E-state index contributed by atoms with van der Waals surface area (Å²) < 4.78 is 9.43. The molecule has 1 atom stereocenters. The molecule has 0 aromatic heterocycles. The fourth-order valence-corrected chi connectivity index (χ4v) is 1.13. The lowest BCUT2D eigenvalue weighted by atomic mass is 10.0. The lowest BCUT2D eigenvalue weighted by Crippen LogP contribution is -2.00. The fourth-order valence-electron chi connectivity index (χ4n) is 1.13. The number of carbonyl (C=O) groups is 1. The van der Waals surface area contributed by atoms with Crippen LogP contribution in [0.4, 0.5) is 0 Å². The monoisotopic (exact) mass is 208 g/mol. The summed E-state index contributed by atoms with van der Waals surface area (Å²) in [5, 5.41) is 0. The van der Waals surface area contributed by atoms with Gasteiger partial charge in [-0.3, -0.25) is 4.79 Å². The van der Waals surface area contributed by atoms with E-state index in [1.807, 2.05) is 18.2 Å². The Morgan fingerprint density at radius 1 is 1.47 bits per heavy atom. The van der Waals surface area contributed by atoms with Crippen molar-refractivity contribution in [2.24, 2.45) is 0 Å². The Morgan fingerprint density at radius 2 is 2.07 bits per heavy atom. The zero-order valence-corrected chi connectivity index (χ0v) is 9.10. The zero-order valence-electron chi connectivity index (χ0n) is 9.10. The Hall–Kier alpha value is -1.35. The van der Waals surface area contributed by atoms with E-state index in [-0.39, 0.29) is 5.60 Å². The molecule has 0 aliphatic carbocycles. The molecule has 1 aliphatic rings. The van der Waals surface area contributed by atoms with Crippen molar-refractivity contribution in [1.82, 2.24) is 0 Å². The summed E-state index contributed by atoms with van der Waals surface area (Å²) >= 11 is 0. The van der Waals surface area contributed by atoms with Gasteiger partial charge in [-0.05, 0) is 19.4 Å². The van der Waals surface area contributed by atoms with Gasteiger partial charge in [0.15, 0.2) is 0 Å². The largest absolute Gasteiger partial charge is 0.468 e. The molecule has 0 saturated carbocycles. The Labute approximate surface area is 90.0 Å². The van der Waals surface area contributed by atoms with Crippen LogP contribution in [-0.4, -0.2) is 19.7 Å². The third-order valence-corrected chi connectivity index (χ3v) is 2.20. The molecule has 2 rings (SSSR count). The van der Waals surface area contributed by atoms with Crippen molar-refractivity contribution in [3.63, 3.8) is 0 Å². The average molecular weight is 208 g/mol. The molecule has 0 N–H and O–H groups in total. The van der Waals surface area contributed by atoms with E-state index in [1.54, 1.807) is 6.92 Å². The molecule has 82 valence electrons. The third-order valence-electron chi connectivity index (χ3n) is 2.20. The molecule has 0 radical (unpaired) electrons. The molecule has 1 fully saturated rings. The van der Waals surface area contributed by atoms with Crippen molar-refractivity contribution in [2.45, 2.75) is 19.4 Å². The van der Waals surface area contributed by atoms with Gasteiger partial charge < -0.3 is 9.47 Å². The van der Waals surface area contributed by atoms with Gasteiger partial charge in [0.05, 0.1) is 13.2 Å². The normalized spacial score (nSPS) is 22.3. The molecule has 1 saturated heterocycles. The van der Waals surface area contributed by atoms with E-state index >= 15 is 0 Å². The molecule has 3 heteroatoms. The van der Waals surface area contributed by atoms with Crippen LogP contribution < -0.4 is 0 Å². The van der Waals surface area contributed by atoms with E-state index in [0.29, 0.717) is 13.1 Å². The highest BCUT2D eigenvalue weighted by molar-refractivity contribution is 5.36. The molecule has 3 nitrogen and oxygen atoms in total. The number of benzene rings is 1. The van der Waals surface area contributed by atoms with Crippen LogP contribution in [-0.2, 0) is 19.9 Å². The first-order chi connectivity index (χ1) is 7.23. The summed E-state index contributed by atoms with van der Waals surface area (Å²) in [4.78, 5) is 9.18. The van der Waals surface area contributed by atoms with Gasteiger partial charge in [-0.15, -0.1) is 0 Å². The number of carbonyl (C=O) groups excluding carboxylic acids is 1. The maximum atomic E-state index is 9.18. The quantitative estimate of drug-likeness (QED) is 0.564. The van der Waals surface area contributed by atoms with Gasteiger partial charge in [0.25, 0.3) is 6.47 Å². The van der Waals surface area contributed by atoms with E-state index in [1.165, 1.54) is 5.56 Å². The van der Waals surface area contributed by atoms with Crippen molar-refractivity contribution >= 4 is 6.47 Å². The number of hydrogen-bond donors (Lipinski definition) is 0. The fraction of sp³-hybridized carbons (Fsp3) is 0.417. The van der Waals surface area contributed by atoms with Crippen molar-refractivity contribution in [3.8, 4) is 0 Å². The first-order valence-electron chi connectivity index (χ1n) is 4.97. The average Bonchev–Trinajstić information content (AvgIpc) is 3.02. The second-order valence-electron chi connectivity index (χ2n) is 3.44. The van der Waals surface area contributed by atoms with Crippen LogP contribution in [0.25, 0.3) is 0 Å². The summed E-state index contributed by atoms with van der Waals surface area (Å²) in [6.45, 7) is 5.65. The molecule has 1 aromatic rings. The second-order valence-corrected chi connectivity index (χ2v) is 3.44. The third kappa shape index (κ3) is 3.72. The minimum absolute atomic E-state index is 0.0429. The maximum Gasteiger partial charge on any atom is 0.293 e. The topological polar surface area (TPSA) is 38.8 Å². The molecule has 0 bridgehead atoms. The molecular weight excluding hydrogens is 192 g/mol. The highest BCUT2D eigenvalue weighted by Gasteiger charge is 2.40. The van der Waals surface area contributed by atoms with Crippen molar-refractivity contribution < 1.29 is 14.3 Å². The molecule has 1 unspecified atom stereocenters. The van der Waals surface area contributed by atoms with Gasteiger partial charge in [0.1, 0.15) is 5.60 Å². The van der Waals surface area contributed by atoms with Crippen LogP contribution in [0.1, 0.15) is 19.4 Å². The SMILES string of the molecule is CC1(c2ccccc2)CO1.CCOC=O. The number of epoxide rings is 1. The van der Waals surface area contributed by atoms with Crippen molar-refractivity contribution in [3.05, 3.63) is 35.9 Å². The Morgan fingerprint density at radius 3 is 2.40 bits per heavy atom. The van der Waals surface area contributed by atoms with Crippen molar-refractivity contribution in [1.29, 1.82) is 0 Å². The predicted molar refractivity (Wildman–Crippen MR) is 57.4 cm³/mol. The molecule has 15 heavy (non-hydrogen) atoms. The molecule has 0 amide bonds. The number of hydrogen-bond acceptors (Lipinski definition) is 3. The molecule has 1 aromatic carbocycles. The van der Waals surface area contributed by atoms with Crippen LogP contribution in [0, 0.1) is 0 Å². The summed E-state index contributed by atoms with van der Waals surface area (Å²) in [5.74, 6) is 0. The number of rotatable bonds is 3. The van der Waals surface area contributed by atoms with Gasteiger partial charge in [-0.25, -0.2) is 0 Å². The summed E-state index contributed by atoms with van der Waals surface area (Å²) in [6.07, 6.45) is 0. The van der Waals surface area contributed by atoms with E-state index in [9.17, 15) is 4.79 Å². The highest BCUT2D eigenvalue weighted by atomic mass is 16.6. The minimum atomic E-state index is 0.0429. The van der Waals surface area contributed by atoms with E-state index < -0.39 is 0 Å². The predicted octanol–water partition coefficient (Wildman–Crippen LogP) is 2.11. The van der Waals surface area contributed by atoms with Crippen LogP contribution in [0.15, 0.2) is 30.3 Å². The summed E-state index contributed by atoms with van der Waals surface area (Å²) in [5.41, 5.74) is 1.33. The summed E-state index contributed by atoms with van der Waals surface area (Å²) in [6, 6.07) is 10.3. The Bertz CT molecular complexity index is 291. The maximum absolute atomic E-state index is 9.18. The minimum Gasteiger partial charge on any atom is -0.468 e. The van der Waals surface area contributed by atoms with Gasteiger partial charge in [-0.2, -0.15) is 0 Å². The standard InChI is InChI=1S/C9H10O.C3H6O2/c1-9(7-10-9)8-5-3-2-4-6-8;1-2-5-3-4/h2-6H,7H2,1H3;3H,2H2,1H3. The second kappa shape index (κ2) is 5.51. The molecule has 1 aliphatic heterocycles. The lowest BCUT2D eigenvalue weighted by molar-refractivity contribution is -0.128.